The van der Waals surface area contributed by atoms with Gasteiger partial charge in [0.05, 0.1) is 17.6 Å². The average molecular weight is 558 g/mol. The molecule has 0 bridgehead atoms. The van der Waals surface area contributed by atoms with Crippen molar-refractivity contribution >= 4 is 17.5 Å². The number of rotatable bonds is 4. The van der Waals surface area contributed by atoms with Crippen molar-refractivity contribution in [3.8, 4) is 5.75 Å². The van der Waals surface area contributed by atoms with E-state index in [0.29, 0.717) is 24.8 Å². The Bertz CT molecular complexity index is 1250. The van der Waals surface area contributed by atoms with E-state index in [4.69, 9.17) is 0 Å². The molecule has 1 amide bonds. The first-order valence-corrected chi connectivity index (χ1v) is 14.7. The molecule has 3 aliphatic carbocycles. The van der Waals surface area contributed by atoms with Gasteiger partial charge < -0.3 is 25.7 Å². The lowest BCUT2D eigenvalue weighted by Crippen LogP contribution is -2.79. The van der Waals surface area contributed by atoms with Gasteiger partial charge in [0, 0.05) is 11.0 Å². The largest absolute Gasteiger partial charge is 0.507 e. The smallest absolute Gasteiger partial charge is 0.233 e. The van der Waals surface area contributed by atoms with E-state index in [9.17, 15) is 34.8 Å². The Morgan fingerprint density at radius 2 is 1.68 bits per heavy atom. The molecule has 8 heteroatoms. The van der Waals surface area contributed by atoms with Crippen LogP contribution in [0.3, 0.4) is 0 Å². The summed E-state index contributed by atoms with van der Waals surface area (Å²) in [5, 5.41) is 50.0. The molecular weight excluding hydrogens is 510 g/mol. The number of carbonyl (C=O) groups is 3. The molecule has 2 unspecified atom stereocenters. The van der Waals surface area contributed by atoms with Gasteiger partial charge in [0.25, 0.3) is 0 Å². The zero-order valence-corrected chi connectivity index (χ0v) is 25.4. The van der Waals surface area contributed by atoms with Crippen molar-refractivity contribution in [1.82, 2.24) is 5.32 Å². The van der Waals surface area contributed by atoms with E-state index in [1.54, 1.807) is 27.7 Å². The Kier molecular flexibility index (Phi) is 7.38. The van der Waals surface area contributed by atoms with E-state index in [2.05, 4.69) is 5.32 Å². The molecule has 3 aliphatic rings. The van der Waals surface area contributed by atoms with Crippen LogP contribution in [0.1, 0.15) is 95.8 Å². The van der Waals surface area contributed by atoms with Crippen LogP contribution in [0.5, 0.6) is 5.75 Å². The molecule has 1 aromatic rings. The maximum atomic E-state index is 14.3. The molecule has 0 aliphatic heterocycles. The summed E-state index contributed by atoms with van der Waals surface area (Å²) >= 11 is 0. The van der Waals surface area contributed by atoms with Gasteiger partial charge in [0.15, 0.2) is 17.2 Å². The van der Waals surface area contributed by atoms with Crippen LogP contribution < -0.4 is 5.32 Å². The van der Waals surface area contributed by atoms with Gasteiger partial charge in [-0.05, 0) is 80.4 Å². The first kappa shape index (κ1) is 30.7. The van der Waals surface area contributed by atoms with Gasteiger partial charge in [-0.1, -0.05) is 47.6 Å². The topological polar surface area (TPSA) is 144 Å². The lowest BCUT2D eigenvalue weighted by molar-refractivity contribution is -0.265. The number of aromatic hydroxyl groups is 1. The van der Waals surface area contributed by atoms with E-state index in [0.717, 1.165) is 11.1 Å². The maximum absolute atomic E-state index is 14.3. The van der Waals surface area contributed by atoms with Gasteiger partial charge in [-0.3, -0.25) is 14.4 Å². The van der Waals surface area contributed by atoms with Crippen LogP contribution in [0, 0.1) is 34.5 Å². The third-order valence-corrected chi connectivity index (χ3v) is 10.2. The molecule has 5 N–H and O–H groups in total. The molecule has 2 saturated carbocycles. The highest BCUT2D eigenvalue weighted by Gasteiger charge is 2.76. The lowest BCUT2D eigenvalue weighted by Gasteiger charge is -2.66. The monoisotopic (exact) mass is 557 g/mol. The molecule has 8 nitrogen and oxygen atoms in total. The molecule has 40 heavy (non-hydrogen) atoms. The van der Waals surface area contributed by atoms with Crippen LogP contribution in [0.15, 0.2) is 6.07 Å². The number of amides is 1. The third-order valence-electron chi connectivity index (χ3n) is 10.2. The van der Waals surface area contributed by atoms with Gasteiger partial charge >= 0.3 is 0 Å². The lowest BCUT2D eigenvalue weighted by atomic mass is 9.39. The second-order valence-corrected chi connectivity index (χ2v) is 14.4. The summed E-state index contributed by atoms with van der Waals surface area (Å²) in [6.45, 7) is 16.5. The van der Waals surface area contributed by atoms with Gasteiger partial charge in [-0.2, -0.15) is 0 Å². The van der Waals surface area contributed by atoms with E-state index in [1.807, 2.05) is 40.7 Å². The fourth-order valence-corrected chi connectivity index (χ4v) is 8.74. The molecule has 0 aromatic heterocycles. The van der Waals surface area contributed by atoms with Gasteiger partial charge in [-0.15, -0.1) is 0 Å². The Morgan fingerprint density at radius 3 is 2.17 bits per heavy atom. The molecule has 0 spiro atoms. The summed E-state index contributed by atoms with van der Waals surface area (Å²) < 4.78 is 0. The second-order valence-electron chi connectivity index (χ2n) is 14.4. The highest BCUT2D eigenvalue weighted by Crippen LogP contribution is 2.66. The molecule has 0 saturated heterocycles. The van der Waals surface area contributed by atoms with Crippen LogP contribution in [-0.2, 0) is 28.9 Å². The predicted molar refractivity (Wildman–Crippen MR) is 151 cm³/mol. The number of fused-ring (bicyclic) bond motifs is 3. The average Bonchev–Trinajstić information content (AvgIpc) is 2.80. The standard InChI is InChI=1S/C32H47NO7/c1-10-16-12-17(11-2)23(34)19-18(16)13-30(8)14-31(9)21(15(3)4)25(36)20(28(39)33-29(5,6)7)26(37)32(31,40)27(38)22(30)24(19)35/h12,15,20-22,25,27,34,36,38,40H,10-11,13-14H2,1-9H3,(H,33,39)/t20-,21+,22-,25?,27?,30-,31-,32+/m1/s1. The fourth-order valence-electron chi connectivity index (χ4n) is 8.74. The number of aryl methyl sites for hydroxylation is 2. The van der Waals surface area contributed by atoms with Crippen molar-refractivity contribution in [1.29, 1.82) is 0 Å². The van der Waals surface area contributed by atoms with Crippen LogP contribution in [0.2, 0.25) is 0 Å². The minimum atomic E-state index is -2.47. The number of nitrogens with one attached hydrogen (secondary N) is 1. The van der Waals surface area contributed by atoms with Crippen molar-refractivity contribution in [2.75, 3.05) is 0 Å². The van der Waals surface area contributed by atoms with E-state index < -0.39 is 69.4 Å². The van der Waals surface area contributed by atoms with Crippen molar-refractivity contribution in [2.45, 2.75) is 111 Å². The predicted octanol–water partition coefficient (Wildman–Crippen LogP) is 3.13. The number of carbonyl (C=O) groups excluding carboxylic acids is 3. The highest BCUT2D eigenvalue weighted by molar-refractivity contribution is 6.09. The van der Waals surface area contributed by atoms with Crippen LogP contribution >= 0.6 is 0 Å². The van der Waals surface area contributed by atoms with Gasteiger partial charge in [-0.25, -0.2) is 0 Å². The zero-order chi connectivity index (χ0) is 30.3. The molecular formula is C32H47NO7. The first-order chi connectivity index (χ1) is 18.3. The summed E-state index contributed by atoms with van der Waals surface area (Å²) in [4.78, 5) is 41.9. The Balaban J connectivity index is 1.94. The number of aliphatic hydroxyl groups is 3. The summed E-state index contributed by atoms with van der Waals surface area (Å²) in [6, 6.07) is 1.94. The summed E-state index contributed by atoms with van der Waals surface area (Å²) in [7, 11) is 0. The molecule has 8 atom stereocenters. The highest BCUT2D eigenvalue weighted by atomic mass is 16.4. The van der Waals surface area contributed by atoms with Gasteiger partial charge in [0.1, 0.15) is 17.8 Å². The summed E-state index contributed by atoms with van der Waals surface area (Å²) in [6.07, 6.45) is -1.51. The molecule has 222 valence electrons. The van der Waals surface area contributed by atoms with Crippen molar-refractivity contribution in [3.63, 3.8) is 0 Å². The fraction of sp³-hybridized carbons (Fsp3) is 0.719. The number of hydrogen-bond acceptors (Lipinski definition) is 7. The molecule has 0 heterocycles. The number of hydrogen-bond donors (Lipinski definition) is 5. The minimum Gasteiger partial charge on any atom is -0.507 e. The summed E-state index contributed by atoms with van der Waals surface area (Å²) in [5.74, 6) is -6.06. The number of ketones is 2. The van der Waals surface area contributed by atoms with Crippen molar-refractivity contribution < 1.29 is 34.8 Å². The Hall–Kier alpha value is -2.29. The maximum Gasteiger partial charge on any atom is 0.233 e. The normalized spacial score (nSPS) is 37.6. The second kappa shape index (κ2) is 9.63. The van der Waals surface area contributed by atoms with Crippen LogP contribution in [0.25, 0.3) is 0 Å². The van der Waals surface area contributed by atoms with Crippen molar-refractivity contribution in [3.05, 3.63) is 28.3 Å². The Morgan fingerprint density at radius 1 is 1.10 bits per heavy atom. The van der Waals surface area contributed by atoms with E-state index >= 15 is 0 Å². The minimum absolute atomic E-state index is 0.109. The number of benzene rings is 1. The third kappa shape index (κ3) is 4.08. The first-order valence-electron chi connectivity index (χ1n) is 14.7. The number of phenols is 1. The molecule has 4 rings (SSSR count). The SMILES string of the molecule is CCc1cc(CC)c2c(c1O)C(=O)[C@@H]1C(O)[C@@]3(O)C(=O)[C@H](C(=O)NC(C)(C)C)C(O)[C@H](C(C)C)[C@@]3(C)C[C@@]1(C)C2. The van der Waals surface area contributed by atoms with E-state index in [1.165, 1.54) is 0 Å². The van der Waals surface area contributed by atoms with Gasteiger partial charge in [0.2, 0.25) is 5.91 Å². The van der Waals surface area contributed by atoms with E-state index in [-0.39, 0.29) is 23.7 Å². The number of phenolic OH excluding ortho intramolecular Hbond substituents is 1. The molecule has 2 fully saturated rings. The number of aliphatic hydroxyl groups excluding tert-OH is 2. The Labute approximate surface area is 237 Å². The van der Waals surface area contributed by atoms with Crippen molar-refractivity contribution in [2.24, 2.45) is 34.5 Å². The molecule has 0 radical (unpaired) electrons. The number of Topliss-reactive ketones (excluding diaryl/α,β-unsaturated/α-hetero) is 2. The molecule has 1 aromatic carbocycles. The summed E-state index contributed by atoms with van der Waals surface area (Å²) in [5.41, 5.74) is -2.88. The zero-order valence-electron chi connectivity index (χ0n) is 25.4. The quantitative estimate of drug-likeness (QED) is 0.358. The van der Waals surface area contributed by atoms with Crippen LogP contribution in [0.4, 0.5) is 0 Å². The van der Waals surface area contributed by atoms with Crippen LogP contribution in [-0.4, -0.2) is 61.2 Å².